The summed E-state index contributed by atoms with van der Waals surface area (Å²) < 4.78 is 6.23. The van der Waals surface area contributed by atoms with Crippen LogP contribution in [0.3, 0.4) is 0 Å². The molecule has 0 radical (unpaired) electrons. The van der Waals surface area contributed by atoms with Crippen LogP contribution in [0, 0.1) is 13.8 Å². The van der Waals surface area contributed by atoms with Crippen molar-refractivity contribution in [2.24, 2.45) is 0 Å². The van der Waals surface area contributed by atoms with Crippen LogP contribution in [-0.2, 0) is 6.54 Å². The van der Waals surface area contributed by atoms with Crippen LogP contribution in [0.5, 0.6) is 5.75 Å². The molecule has 0 spiro atoms. The molecule has 1 N–H and O–H groups in total. The first-order valence-corrected chi connectivity index (χ1v) is 7.83. The molecule has 1 aromatic carbocycles. The highest BCUT2D eigenvalue weighted by atomic mass is 35.5. The molecule has 0 aliphatic carbocycles. The Bertz CT molecular complexity index is 571. The maximum Gasteiger partial charge on any atom is 0.124 e. The lowest BCUT2D eigenvalue weighted by Crippen LogP contribution is -2.17. The third kappa shape index (κ3) is 3.54. The van der Waals surface area contributed by atoms with Crippen molar-refractivity contribution in [3.05, 3.63) is 50.2 Å². The van der Waals surface area contributed by atoms with Gasteiger partial charge in [0.05, 0.1) is 11.4 Å². The van der Waals surface area contributed by atoms with E-state index in [4.69, 9.17) is 16.3 Å². The van der Waals surface area contributed by atoms with Crippen LogP contribution in [0.2, 0.25) is 4.34 Å². The molecule has 0 saturated heterocycles. The first kappa shape index (κ1) is 15.4. The number of nitrogens with one attached hydrogen (secondary N) is 1. The lowest BCUT2D eigenvalue weighted by Gasteiger charge is -2.15. The van der Waals surface area contributed by atoms with E-state index in [2.05, 4.69) is 44.3 Å². The Balaban J connectivity index is 2.04. The van der Waals surface area contributed by atoms with Crippen LogP contribution >= 0.6 is 22.9 Å². The lowest BCUT2D eigenvalue weighted by molar-refractivity contribution is 0.408. The summed E-state index contributed by atoms with van der Waals surface area (Å²) in [6, 6.07) is 8.67. The van der Waals surface area contributed by atoms with Gasteiger partial charge in [-0.25, -0.2) is 0 Å². The molecule has 1 heterocycles. The molecule has 1 aromatic heterocycles. The Hall–Kier alpha value is -1.03. The Morgan fingerprint density at radius 3 is 2.40 bits per heavy atom. The first-order chi connectivity index (χ1) is 9.51. The van der Waals surface area contributed by atoms with Crippen molar-refractivity contribution in [3.8, 4) is 5.75 Å². The minimum atomic E-state index is 0.301. The third-order valence-corrected chi connectivity index (χ3v) is 4.77. The van der Waals surface area contributed by atoms with Crippen LogP contribution in [0.1, 0.15) is 34.5 Å². The monoisotopic (exact) mass is 309 g/mol. The summed E-state index contributed by atoms with van der Waals surface area (Å²) in [5, 5.41) is 3.53. The summed E-state index contributed by atoms with van der Waals surface area (Å²) in [7, 11) is 1.72. The number of rotatable bonds is 5. The van der Waals surface area contributed by atoms with Gasteiger partial charge >= 0.3 is 0 Å². The Morgan fingerprint density at radius 2 is 1.90 bits per heavy atom. The topological polar surface area (TPSA) is 21.3 Å². The first-order valence-electron chi connectivity index (χ1n) is 6.64. The number of benzene rings is 1. The highest BCUT2D eigenvalue weighted by Gasteiger charge is 2.09. The number of ether oxygens (including phenoxy) is 1. The van der Waals surface area contributed by atoms with Crippen LogP contribution in [0.4, 0.5) is 0 Å². The van der Waals surface area contributed by atoms with E-state index in [-0.39, 0.29) is 0 Å². The molecule has 108 valence electrons. The SMILES string of the molecule is COc1c(C)cc(CNC(C)c2ccc(Cl)s2)cc1C. The van der Waals surface area contributed by atoms with E-state index in [0.717, 1.165) is 16.6 Å². The summed E-state index contributed by atoms with van der Waals surface area (Å²) in [6.45, 7) is 7.16. The maximum absolute atomic E-state index is 5.97. The minimum absolute atomic E-state index is 0.301. The normalized spacial score (nSPS) is 12.4. The zero-order chi connectivity index (χ0) is 14.7. The number of hydrogen-bond donors (Lipinski definition) is 1. The molecule has 0 fully saturated rings. The molecule has 0 saturated carbocycles. The molecule has 1 atom stereocenters. The standard InChI is InChI=1S/C16H20ClNOS/c1-10-7-13(8-11(2)16(10)19-4)9-18-12(3)14-5-6-15(17)20-14/h5-8,12,18H,9H2,1-4H3. The fraction of sp³-hybridized carbons (Fsp3) is 0.375. The number of methoxy groups -OCH3 is 1. The zero-order valence-corrected chi connectivity index (χ0v) is 13.9. The Kier molecular flexibility index (Phi) is 5.08. The predicted octanol–water partition coefficient (Wildman–Crippen LogP) is 4.88. The van der Waals surface area contributed by atoms with Crippen molar-refractivity contribution in [2.45, 2.75) is 33.4 Å². The molecule has 1 unspecified atom stereocenters. The third-order valence-electron chi connectivity index (χ3n) is 3.36. The molecule has 20 heavy (non-hydrogen) atoms. The van der Waals surface area contributed by atoms with E-state index in [9.17, 15) is 0 Å². The lowest BCUT2D eigenvalue weighted by atomic mass is 10.1. The van der Waals surface area contributed by atoms with Crippen molar-refractivity contribution < 1.29 is 4.74 Å². The van der Waals surface area contributed by atoms with E-state index in [0.29, 0.717) is 6.04 Å². The molecule has 0 bridgehead atoms. The second-order valence-corrected chi connectivity index (χ2v) is 6.75. The van der Waals surface area contributed by atoms with Gasteiger partial charge in [-0.2, -0.15) is 0 Å². The maximum atomic E-state index is 5.97. The van der Waals surface area contributed by atoms with E-state index < -0.39 is 0 Å². The van der Waals surface area contributed by atoms with Gasteiger partial charge in [0.25, 0.3) is 0 Å². The number of aryl methyl sites for hydroxylation is 2. The van der Waals surface area contributed by atoms with Gasteiger partial charge in [-0.15, -0.1) is 11.3 Å². The Morgan fingerprint density at radius 1 is 1.25 bits per heavy atom. The fourth-order valence-electron chi connectivity index (χ4n) is 2.40. The van der Waals surface area contributed by atoms with E-state index >= 15 is 0 Å². The van der Waals surface area contributed by atoms with E-state index in [1.54, 1.807) is 18.4 Å². The van der Waals surface area contributed by atoms with Crippen LogP contribution in [0.25, 0.3) is 0 Å². The van der Waals surface area contributed by atoms with Crippen LogP contribution in [0.15, 0.2) is 24.3 Å². The van der Waals surface area contributed by atoms with Crippen LogP contribution < -0.4 is 10.1 Å². The molecule has 0 amide bonds. The van der Waals surface area contributed by atoms with Gasteiger partial charge in [-0.05, 0) is 49.6 Å². The van der Waals surface area contributed by atoms with Gasteiger partial charge in [-0.3, -0.25) is 0 Å². The average molecular weight is 310 g/mol. The average Bonchev–Trinajstić information content (AvgIpc) is 2.82. The summed E-state index contributed by atoms with van der Waals surface area (Å²) in [5.41, 5.74) is 3.63. The largest absolute Gasteiger partial charge is 0.496 e. The van der Waals surface area contributed by atoms with Gasteiger partial charge in [-0.1, -0.05) is 23.7 Å². The van der Waals surface area contributed by atoms with Crippen LogP contribution in [-0.4, -0.2) is 7.11 Å². The Labute approximate surface area is 129 Å². The van der Waals surface area contributed by atoms with Gasteiger partial charge in [0.15, 0.2) is 0 Å². The molecule has 4 heteroatoms. The second-order valence-electron chi connectivity index (χ2n) is 5.01. The van der Waals surface area contributed by atoms with Crippen molar-refractivity contribution >= 4 is 22.9 Å². The second kappa shape index (κ2) is 6.61. The quantitative estimate of drug-likeness (QED) is 0.850. The van der Waals surface area contributed by atoms with Crippen molar-refractivity contribution in [1.29, 1.82) is 0 Å². The molecule has 0 aliphatic rings. The zero-order valence-electron chi connectivity index (χ0n) is 12.3. The molecular weight excluding hydrogens is 290 g/mol. The number of hydrogen-bond acceptors (Lipinski definition) is 3. The smallest absolute Gasteiger partial charge is 0.124 e. The highest BCUT2D eigenvalue weighted by molar-refractivity contribution is 7.16. The minimum Gasteiger partial charge on any atom is -0.496 e. The van der Waals surface area contributed by atoms with Gasteiger partial charge < -0.3 is 10.1 Å². The van der Waals surface area contributed by atoms with Gasteiger partial charge in [0, 0.05) is 17.5 Å². The fourth-order valence-corrected chi connectivity index (χ4v) is 3.48. The molecule has 2 rings (SSSR count). The van der Waals surface area contributed by atoms with Gasteiger partial charge in [0.1, 0.15) is 5.75 Å². The number of thiophene rings is 1. The van der Waals surface area contributed by atoms with Crippen molar-refractivity contribution in [1.82, 2.24) is 5.32 Å². The molecule has 2 nitrogen and oxygen atoms in total. The summed E-state index contributed by atoms with van der Waals surface area (Å²) in [5.74, 6) is 0.979. The van der Waals surface area contributed by atoms with Crippen molar-refractivity contribution in [2.75, 3.05) is 7.11 Å². The summed E-state index contributed by atoms with van der Waals surface area (Å²) >= 11 is 7.60. The predicted molar refractivity (Wildman–Crippen MR) is 87.1 cm³/mol. The molecule has 2 aromatic rings. The molecule has 0 aliphatic heterocycles. The summed E-state index contributed by atoms with van der Waals surface area (Å²) in [6.07, 6.45) is 0. The van der Waals surface area contributed by atoms with E-state index in [1.165, 1.54) is 21.6 Å². The number of halogens is 1. The van der Waals surface area contributed by atoms with Gasteiger partial charge in [0.2, 0.25) is 0 Å². The highest BCUT2D eigenvalue weighted by Crippen LogP contribution is 2.28. The van der Waals surface area contributed by atoms with Crippen molar-refractivity contribution in [3.63, 3.8) is 0 Å². The van der Waals surface area contributed by atoms with E-state index in [1.807, 2.05) is 6.07 Å². The summed E-state index contributed by atoms with van der Waals surface area (Å²) in [4.78, 5) is 1.26. The molecular formula is C16H20ClNOS.